The topological polar surface area (TPSA) is 143 Å². The molecule has 0 bridgehead atoms. The molecule has 0 saturated heterocycles. The van der Waals surface area contributed by atoms with Crippen molar-refractivity contribution in [3.63, 3.8) is 0 Å². The molecule has 232 valence electrons. The average molecular weight is 648 g/mol. The van der Waals surface area contributed by atoms with E-state index < -0.39 is 0 Å². The molecule has 13 heteroatoms. The van der Waals surface area contributed by atoms with Crippen LogP contribution in [0.4, 0.5) is 0 Å². The Morgan fingerprint density at radius 3 is 2.18 bits per heavy atom. The Morgan fingerprint density at radius 1 is 0.956 bits per heavy atom. The largest absolute Gasteiger partial charge is 0.461 e. The number of hydrogen-bond donors (Lipinski definition) is 2. The van der Waals surface area contributed by atoms with E-state index in [0.29, 0.717) is 29.2 Å². The van der Waals surface area contributed by atoms with Gasteiger partial charge in [-0.3, -0.25) is 14.2 Å². The predicted octanol–water partition coefficient (Wildman–Crippen LogP) is 4.34. The van der Waals surface area contributed by atoms with E-state index in [0.717, 1.165) is 108 Å². The number of nitrogens with two attached hydrogens (primary N) is 1. The molecule has 11 nitrogen and oxygen atoms in total. The second kappa shape index (κ2) is 10.4. The van der Waals surface area contributed by atoms with Gasteiger partial charge in [0.15, 0.2) is 0 Å². The highest BCUT2D eigenvalue weighted by atomic mass is 35.5. The molecule has 4 aromatic rings. The molecule has 5 aliphatic rings. The number of esters is 1. The van der Waals surface area contributed by atoms with Gasteiger partial charge in [-0.25, -0.2) is 14.8 Å². The van der Waals surface area contributed by atoms with Gasteiger partial charge in [0.05, 0.1) is 36.6 Å². The first-order valence-electron chi connectivity index (χ1n) is 15.4. The van der Waals surface area contributed by atoms with E-state index in [9.17, 15) is 9.59 Å². The number of nitrogens with one attached hydrogen (secondary N) is 1. The third-order valence-electron chi connectivity index (χ3n) is 9.53. The Balaban J connectivity index is 0.000000134. The molecule has 1 aliphatic heterocycles. The van der Waals surface area contributed by atoms with E-state index in [-0.39, 0.29) is 23.0 Å². The maximum atomic E-state index is 12.5. The van der Waals surface area contributed by atoms with Crippen LogP contribution in [0.1, 0.15) is 75.8 Å². The van der Waals surface area contributed by atoms with Crippen LogP contribution >= 0.6 is 23.2 Å². The van der Waals surface area contributed by atoms with E-state index in [1.165, 1.54) is 0 Å². The Kier molecular flexibility index (Phi) is 6.60. The molecule has 0 unspecified atom stereocenters. The molecule has 2 saturated carbocycles. The molecule has 1 amide bonds. The number of carbonyl (C=O) groups excluding carboxylic acids is 2. The summed E-state index contributed by atoms with van der Waals surface area (Å²) in [5.41, 5.74) is 15.1. The summed E-state index contributed by atoms with van der Waals surface area (Å²) >= 11 is 12.1. The zero-order valence-electron chi connectivity index (χ0n) is 24.8. The standard InChI is InChI=1S/C17H19ClN4O2.C15H13ClN4O/c1-2-24-16(23)15-11-4-3-10-8-20-13(18)7-12(10)14(11)21-22(15)9-17(19)5-6-17;16-11-5-10-8(6-17-11)1-2-9-12(10)19-20-7-15(3-4-15)18-14(21)13(9)20/h7-8H,2-6,9,19H2,1H3;5-6H,1-4,7H2,(H,18,21). The van der Waals surface area contributed by atoms with Crippen molar-refractivity contribution in [2.24, 2.45) is 5.73 Å². The van der Waals surface area contributed by atoms with Gasteiger partial charge in [0.25, 0.3) is 5.91 Å². The molecule has 0 aromatic carbocycles. The molecule has 5 heterocycles. The molecule has 9 rings (SSSR count). The summed E-state index contributed by atoms with van der Waals surface area (Å²) in [6.07, 6.45) is 10.9. The normalized spacial score (nSPS) is 18.7. The van der Waals surface area contributed by atoms with Crippen LogP contribution in [0.3, 0.4) is 0 Å². The summed E-state index contributed by atoms with van der Waals surface area (Å²) in [5, 5.41) is 13.5. The highest BCUT2D eigenvalue weighted by Crippen LogP contribution is 2.43. The minimum absolute atomic E-state index is 0.0242. The SMILES string of the molecule is CCOC(=O)c1c2c(nn1CC1(N)CC1)-c1cc(Cl)ncc1CC2.O=C1NC2(CC2)Cn2nc3c(c21)CCc1cnc(Cl)cc1-3. The van der Waals surface area contributed by atoms with Crippen LogP contribution in [0.25, 0.3) is 22.5 Å². The van der Waals surface area contributed by atoms with Crippen molar-refractivity contribution in [2.75, 3.05) is 6.61 Å². The fraction of sp³-hybridized carbons (Fsp3) is 0.438. The number of nitrogens with zero attached hydrogens (tertiary/aromatic N) is 6. The number of aryl methyl sites for hydroxylation is 2. The van der Waals surface area contributed by atoms with Gasteiger partial charge in [0.1, 0.15) is 21.7 Å². The number of carbonyl (C=O) groups is 2. The summed E-state index contributed by atoms with van der Waals surface area (Å²) in [7, 11) is 0. The van der Waals surface area contributed by atoms with Crippen molar-refractivity contribution in [3.8, 4) is 22.5 Å². The molecular formula is C32H32Cl2N8O3. The highest BCUT2D eigenvalue weighted by Gasteiger charge is 2.49. The smallest absolute Gasteiger partial charge is 0.356 e. The van der Waals surface area contributed by atoms with Crippen molar-refractivity contribution in [1.29, 1.82) is 0 Å². The van der Waals surface area contributed by atoms with Crippen molar-refractivity contribution < 1.29 is 14.3 Å². The quantitative estimate of drug-likeness (QED) is 0.246. The zero-order valence-corrected chi connectivity index (χ0v) is 26.3. The number of amides is 1. The number of aromatic nitrogens is 6. The molecule has 0 atom stereocenters. The molecule has 3 N–H and O–H groups in total. The van der Waals surface area contributed by atoms with Crippen molar-refractivity contribution in [2.45, 2.75) is 82.5 Å². The van der Waals surface area contributed by atoms with Gasteiger partial charge in [-0.1, -0.05) is 23.2 Å². The summed E-state index contributed by atoms with van der Waals surface area (Å²) in [5.74, 6) is -0.310. The molecule has 4 aliphatic carbocycles. The molecular weight excluding hydrogens is 615 g/mol. The number of rotatable bonds is 4. The Labute approximate surface area is 269 Å². The van der Waals surface area contributed by atoms with Gasteiger partial charge in [-0.2, -0.15) is 10.2 Å². The maximum absolute atomic E-state index is 12.5. The summed E-state index contributed by atoms with van der Waals surface area (Å²) in [6.45, 7) is 3.45. The average Bonchev–Trinajstić information content (AvgIpc) is 3.84. The van der Waals surface area contributed by atoms with Gasteiger partial charge in [0.2, 0.25) is 0 Å². The van der Waals surface area contributed by atoms with Crippen LogP contribution < -0.4 is 11.1 Å². The Bertz CT molecular complexity index is 1910. The lowest BCUT2D eigenvalue weighted by Crippen LogP contribution is -2.46. The van der Waals surface area contributed by atoms with Gasteiger partial charge in [-0.15, -0.1) is 0 Å². The second-order valence-corrected chi connectivity index (χ2v) is 13.6. The number of fused-ring (bicyclic) bond motifs is 8. The van der Waals surface area contributed by atoms with Crippen LogP contribution in [-0.2, 0) is 43.5 Å². The lowest BCUT2D eigenvalue weighted by Gasteiger charge is -2.24. The lowest BCUT2D eigenvalue weighted by molar-refractivity contribution is 0.0509. The van der Waals surface area contributed by atoms with Crippen LogP contribution in [0, 0.1) is 0 Å². The van der Waals surface area contributed by atoms with E-state index in [2.05, 4.69) is 15.3 Å². The fourth-order valence-corrected chi connectivity index (χ4v) is 7.08. The molecule has 1 spiro atoms. The minimum Gasteiger partial charge on any atom is -0.461 e. The second-order valence-electron chi connectivity index (χ2n) is 12.8. The summed E-state index contributed by atoms with van der Waals surface area (Å²) in [6, 6.07) is 3.68. The van der Waals surface area contributed by atoms with Gasteiger partial charge in [-0.05, 0) is 81.5 Å². The van der Waals surface area contributed by atoms with Crippen molar-refractivity contribution in [3.05, 3.63) is 68.5 Å². The van der Waals surface area contributed by atoms with Crippen LogP contribution in [0.2, 0.25) is 10.3 Å². The maximum Gasteiger partial charge on any atom is 0.356 e. The molecule has 4 aromatic heterocycles. The fourth-order valence-electron chi connectivity index (χ4n) is 6.77. The van der Waals surface area contributed by atoms with E-state index in [1.807, 2.05) is 23.0 Å². The molecule has 45 heavy (non-hydrogen) atoms. The van der Waals surface area contributed by atoms with E-state index >= 15 is 0 Å². The van der Waals surface area contributed by atoms with Crippen molar-refractivity contribution >= 4 is 35.1 Å². The number of hydrogen-bond acceptors (Lipinski definition) is 8. The molecule has 0 radical (unpaired) electrons. The van der Waals surface area contributed by atoms with Crippen LogP contribution in [0.5, 0.6) is 0 Å². The lowest BCUT2D eigenvalue weighted by atomic mass is 9.90. The first-order valence-corrected chi connectivity index (χ1v) is 16.2. The first kappa shape index (κ1) is 28.7. The molecule has 2 fully saturated rings. The summed E-state index contributed by atoms with van der Waals surface area (Å²) in [4.78, 5) is 33.3. The highest BCUT2D eigenvalue weighted by molar-refractivity contribution is 6.30. The van der Waals surface area contributed by atoms with Gasteiger partial charge < -0.3 is 15.8 Å². The number of ether oxygens (including phenoxy) is 1. The number of pyridine rings is 2. The predicted molar refractivity (Wildman–Crippen MR) is 167 cm³/mol. The minimum atomic E-state index is -0.334. The van der Waals surface area contributed by atoms with Gasteiger partial charge in [0, 0.05) is 40.2 Å². The summed E-state index contributed by atoms with van der Waals surface area (Å²) < 4.78 is 8.90. The third-order valence-corrected chi connectivity index (χ3v) is 9.95. The Morgan fingerprint density at radius 2 is 1.58 bits per heavy atom. The van der Waals surface area contributed by atoms with Crippen LogP contribution in [0.15, 0.2) is 24.5 Å². The third kappa shape index (κ3) is 5.01. The monoisotopic (exact) mass is 646 g/mol. The number of halogens is 2. The first-order chi connectivity index (χ1) is 21.7. The Hall–Kier alpha value is -3.80. The van der Waals surface area contributed by atoms with Crippen molar-refractivity contribution in [1.82, 2.24) is 34.8 Å². The van der Waals surface area contributed by atoms with E-state index in [4.69, 9.17) is 43.9 Å². The van der Waals surface area contributed by atoms with Gasteiger partial charge >= 0.3 is 5.97 Å². The zero-order chi connectivity index (χ0) is 31.1. The van der Waals surface area contributed by atoms with E-state index in [1.54, 1.807) is 17.8 Å². The van der Waals surface area contributed by atoms with Crippen LogP contribution in [-0.4, -0.2) is 59.1 Å².